The number of benzene rings is 3. The number of carbonyl (C=O) groups is 1. The molecule has 34 heavy (non-hydrogen) atoms. The van der Waals surface area contributed by atoms with E-state index in [0.717, 1.165) is 16.7 Å². The van der Waals surface area contributed by atoms with Gasteiger partial charge in [-0.05, 0) is 36.6 Å². The molecular formula is C27H27F3N2O2. The van der Waals surface area contributed by atoms with E-state index < -0.39 is 24.9 Å². The smallest absolute Gasteiger partial charge is 0.389 e. The molecular weight excluding hydrogens is 441 g/mol. The lowest BCUT2D eigenvalue weighted by Gasteiger charge is -2.35. The highest BCUT2D eigenvalue weighted by Crippen LogP contribution is 2.47. The third-order valence-electron chi connectivity index (χ3n) is 6.03. The fourth-order valence-electron chi connectivity index (χ4n) is 4.40. The molecule has 1 N–H and O–H groups in total. The van der Waals surface area contributed by atoms with Crippen LogP contribution >= 0.6 is 0 Å². The van der Waals surface area contributed by atoms with E-state index in [-0.39, 0.29) is 24.9 Å². The molecule has 3 atom stereocenters. The molecule has 0 saturated heterocycles. The number of para-hydroxylation sites is 1. The molecule has 1 aliphatic heterocycles. The number of halogens is 3. The van der Waals surface area contributed by atoms with Crippen LogP contribution in [-0.4, -0.2) is 23.5 Å². The van der Waals surface area contributed by atoms with E-state index in [2.05, 4.69) is 5.32 Å². The lowest BCUT2D eigenvalue weighted by atomic mass is 10.0. The molecule has 4 nitrogen and oxygen atoms in total. The summed E-state index contributed by atoms with van der Waals surface area (Å²) in [6.07, 6.45) is -5.88. The Balaban J connectivity index is 1.66. The Morgan fingerprint density at radius 1 is 0.941 bits per heavy atom. The SMILES string of the molecule is C[C@H](c1ccccc1)N1C(Oc2ccccc2)c2ccccc2C1C(=O)NCCCC(F)(F)F. The first-order valence-electron chi connectivity index (χ1n) is 11.3. The van der Waals surface area contributed by atoms with Gasteiger partial charge in [0.05, 0.1) is 0 Å². The van der Waals surface area contributed by atoms with Gasteiger partial charge in [0.15, 0.2) is 6.23 Å². The topological polar surface area (TPSA) is 41.6 Å². The molecule has 0 fully saturated rings. The monoisotopic (exact) mass is 468 g/mol. The minimum atomic E-state index is -4.24. The predicted octanol–water partition coefficient (Wildman–Crippen LogP) is 6.34. The number of hydrogen-bond donors (Lipinski definition) is 1. The minimum Gasteiger partial charge on any atom is -0.471 e. The average molecular weight is 469 g/mol. The van der Waals surface area contributed by atoms with Crippen LogP contribution < -0.4 is 10.1 Å². The van der Waals surface area contributed by atoms with E-state index in [9.17, 15) is 18.0 Å². The fourth-order valence-corrected chi connectivity index (χ4v) is 4.40. The van der Waals surface area contributed by atoms with E-state index in [1.54, 1.807) is 0 Å². The molecule has 1 amide bonds. The molecule has 3 aromatic rings. The number of carbonyl (C=O) groups excluding carboxylic acids is 1. The van der Waals surface area contributed by atoms with Crippen molar-refractivity contribution in [3.63, 3.8) is 0 Å². The van der Waals surface area contributed by atoms with Gasteiger partial charge in [0.1, 0.15) is 11.8 Å². The van der Waals surface area contributed by atoms with E-state index in [1.807, 2.05) is 96.8 Å². The second-order valence-electron chi connectivity index (χ2n) is 8.36. The summed E-state index contributed by atoms with van der Waals surface area (Å²) in [7, 11) is 0. The second-order valence-corrected chi connectivity index (χ2v) is 8.36. The van der Waals surface area contributed by atoms with Gasteiger partial charge in [-0.15, -0.1) is 0 Å². The number of amides is 1. The Kier molecular flexibility index (Phi) is 7.22. The highest BCUT2D eigenvalue weighted by molar-refractivity contribution is 5.84. The number of hydrogen-bond acceptors (Lipinski definition) is 3. The number of fused-ring (bicyclic) bond motifs is 1. The molecule has 0 aliphatic carbocycles. The van der Waals surface area contributed by atoms with Gasteiger partial charge in [-0.25, -0.2) is 4.90 Å². The van der Waals surface area contributed by atoms with Gasteiger partial charge in [-0.1, -0.05) is 72.8 Å². The van der Waals surface area contributed by atoms with E-state index in [0.29, 0.717) is 5.75 Å². The van der Waals surface area contributed by atoms with Crippen LogP contribution in [0.2, 0.25) is 0 Å². The summed E-state index contributed by atoms with van der Waals surface area (Å²) in [6, 6.07) is 25.8. The maximum absolute atomic E-state index is 13.4. The number of nitrogens with one attached hydrogen (secondary N) is 1. The summed E-state index contributed by atoms with van der Waals surface area (Å²) in [5.41, 5.74) is 2.66. The maximum Gasteiger partial charge on any atom is 0.389 e. The fraction of sp³-hybridized carbons (Fsp3) is 0.296. The Morgan fingerprint density at radius 2 is 1.53 bits per heavy atom. The molecule has 7 heteroatoms. The molecule has 0 spiro atoms. The molecule has 1 heterocycles. The van der Waals surface area contributed by atoms with Crippen LogP contribution in [0.5, 0.6) is 5.75 Å². The van der Waals surface area contributed by atoms with Crippen LogP contribution in [0.4, 0.5) is 13.2 Å². The van der Waals surface area contributed by atoms with Gasteiger partial charge in [0.2, 0.25) is 5.91 Å². The lowest BCUT2D eigenvalue weighted by Crippen LogP contribution is -2.41. The van der Waals surface area contributed by atoms with Crippen LogP contribution in [0.1, 0.15) is 54.8 Å². The molecule has 2 unspecified atom stereocenters. The first-order chi connectivity index (χ1) is 16.3. The van der Waals surface area contributed by atoms with Gasteiger partial charge in [0, 0.05) is 24.6 Å². The summed E-state index contributed by atoms with van der Waals surface area (Å²) in [4.78, 5) is 15.4. The summed E-state index contributed by atoms with van der Waals surface area (Å²) >= 11 is 0. The Bertz CT molecular complexity index is 1090. The van der Waals surface area contributed by atoms with Crippen molar-refractivity contribution >= 4 is 5.91 Å². The number of alkyl halides is 3. The van der Waals surface area contributed by atoms with E-state index in [1.165, 1.54) is 0 Å². The molecule has 0 saturated carbocycles. The average Bonchev–Trinajstić information content (AvgIpc) is 3.16. The van der Waals surface area contributed by atoms with Crippen molar-refractivity contribution in [2.24, 2.45) is 0 Å². The van der Waals surface area contributed by atoms with E-state index >= 15 is 0 Å². The molecule has 0 bridgehead atoms. The standard InChI is InChI=1S/C27H27F3N2O2/c1-19(20-11-4-2-5-12-20)32-24(25(33)31-18-10-17-27(28,29)30)22-15-8-9-16-23(22)26(32)34-21-13-6-3-7-14-21/h2-9,11-16,19,24,26H,10,17-18H2,1H3,(H,31,33)/t19-,24?,26?/m1/s1. The van der Waals surface area contributed by atoms with Gasteiger partial charge in [-0.2, -0.15) is 13.2 Å². The predicted molar refractivity (Wildman–Crippen MR) is 124 cm³/mol. The Morgan fingerprint density at radius 3 is 2.18 bits per heavy atom. The second kappa shape index (κ2) is 10.3. The number of rotatable bonds is 8. The van der Waals surface area contributed by atoms with Gasteiger partial charge in [-0.3, -0.25) is 4.79 Å². The highest BCUT2D eigenvalue weighted by atomic mass is 19.4. The summed E-state index contributed by atoms with van der Waals surface area (Å²) < 4.78 is 44.1. The van der Waals surface area contributed by atoms with Gasteiger partial charge < -0.3 is 10.1 Å². The number of ether oxygens (including phenoxy) is 1. The molecule has 1 aliphatic rings. The Labute approximate surface area is 197 Å². The van der Waals surface area contributed by atoms with Crippen LogP contribution in [-0.2, 0) is 4.79 Å². The first-order valence-corrected chi connectivity index (χ1v) is 11.3. The third-order valence-corrected chi connectivity index (χ3v) is 6.03. The summed E-state index contributed by atoms with van der Waals surface area (Å²) in [5, 5.41) is 2.72. The largest absolute Gasteiger partial charge is 0.471 e. The van der Waals surface area contributed by atoms with Crippen molar-refractivity contribution in [3.05, 3.63) is 102 Å². The van der Waals surface area contributed by atoms with Crippen molar-refractivity contribution in [1.29, 1.82) is 0 Å². The molecule has 0 radical (unpaired) electrons. The zero-order chi connectivity index (χ0) is 24.1. The molecule has 3 aromatic carbocycles. The summed E-state index contributed by atoms with van der Waals surface area (Å²) in [5.74, 6) is 0.329. The molecule has 4 rings (SSSR count). The van der Waals surface area contributed by atoms with Crippen LogP contribution in [0.15, 0.2) is 84.9 Å². The Hall–Kier alpha value is -3.32. The zero-order valence-electron chi connectivity index (χ0n) is 18.8. The highest BCUT2D eigenvalue weighted by Gasteiger charge is 2.46. The minimum absolute atomic E-state index is 0.0468. The van der Waals surface area contributed by atoms with Crippen LogP contribution in [0, 0.1) is 0 Å². The maximum atomic E-state index is 13.4. The van der Waals surface area contributed by atoms with Crippen molar-refractivity contribution in [2.75, 3.05) is 6.54 Å². The lowest BCUT2D eigenvalue weighted by molar-refractivity contribution is -0.137. The van der Waals surface area contributed by atoms with Crippen molar-refractivity contribution in [2.45, 2.75) is 44.3 Å². The third kappa shape index (κ3) is 5.42. The zero-order valence-corrected chi connectivity index (χ0v) is 18.8. The van der Waals surface area contributed by atoms with Gasteiger partial charge >= 0.3 is 6.18 Å². The quantitative estimate of drug-likeness (QED) is 0.392. The van der Waals surface area contributed by atoms with Crippen molar-refractivity contribution < 1.29 is 22.7 Å². The summed E-state index contributed by atoms with van der Waals surface area (Å²) in [6.45, 7) is 1.96. The first kappa shape index (κ1) is 23.8. The van der Waals surface area contributed by atoms with Crippen molar-refractivity contribution in [1.82, 2.24) is 10.2 Å². The molecule has 0 aromatic heterocycles. The molecule has 178 valence electrons. The normalized spacial score (nSPS) is 18.8. The van der Waals surface area contributed by atoms with Crippen LogP contribution in [0.3, 0.4) is 0 Å². The number of nitrogens with zero attached hydrogens (tertiary/aromatic N) is 1. The van der Waals surface area contributed by atoms with E-state index in [4.69, 9.17) is 4.74 Å². The van der Waals surface area contributed by atoms with Gasteiger partial charge in [0.25, 0.3) is 0 Å². The van der Waals surface area contributed by atoms with Crippen LogP contribution in [0.25, 0.3) is 0 Å². The van der Waals surface area contributed by atoms with Crippen molar-refractivity contribution in [3.8, 4) is 5.75 Å².